The maximum atomic E-state index is 11.6. The van der Waals surface area contributed by atoms with E-state index < -0.39 is 0 Å². The Balaban J connectivity index is 3.28. The molecule has 0 aromatic rings. The Labute approximate surface area is 156 Å². The van der Waals surface area contributed by atoms with Gasteiger partial charge in [-0.1, -0.05) is 77.4 Å². The first kappa shape index (κ1) is 24.2. The number of ether oxygens (including phenoxy) is 1. The molecule has 0 bridgehead atoms. The number of carbonyl (C=O) groups excluding carboxylic acids is 1. The van der Waals surface area contributed by atoms with Crippen molar-refractivity contribution >= 4 is 5.97 Å². The van der Waals surface area contributed by atoms with Gasteiger partial charge in [-0.05, 0) is 38.5 Å². The van der Waals surface area contributed by atoms with Gasteiger partial charge in [0.1, 0.15) is 6.10 Å². The number of esters is 1. The fraction of sp³-hybridized carbons (Fsp3) is 0.864. The monoisotopic (exact) mass is 353 g/mol. The van der Waals surface area contributed by atoms with Crippen molar-refractivity contribution in [3.8, 4) is 0 Å². The molecule has 0 aliphatic carbocycles. The highest BCUT2D eigenvalue weighted by atomic mass is 16.5. The zero-order valence-corrected chi connectivity index (χ0v) is 16.9. The second kappa shape index (κ2) is 19.5. The largest absolute Gasteiger partial charge is 0.461 e. The van der Waals surface area contributed by atoms with E-state index in [0.717, 1.165) is 19.3 Å². The van der Waals surface area contributed by atoms with E-state index in [4.69, 9.17) is 10.5 Å². The minimum atomic E-state index is -0.101. The van der Waals surface area contributed by atoms with Crippen LogP contribution in [0.2, 0.25) is 0 Å². The third-order valence-corrected chi connectivity index (χ3v) is 4.66. The van der Waals surface area contributed by atoms with Crippen molar-refractivity contribution in [2.24, 2.45) is 5.73 Å². The molecule has 3 heteroatoms. The maximum absolute atomic E-state index is 11.6. The van der Waals surface area contributed by atoms with Crippen LogP contribution in [0.1, 0.15) is 110 Å². The van der Waals surface area contributed by atoms with Gasteiger partial charge in [0.15, 0.2) is 0 Å². The van der Waals surface area contributed by atoms with Crippen LogP contribution in [0.3, 0.4) is 0 Å². The van der Waals surface area contributed by atoms with Gasteiger partial charge in [-0.2, -0.15) is 0 Å². The number of carbonyl (C=O) groups is 1. The summed E-state index contributed by atoms with van der Waals surface area (Å²) in [5.41, 5.74) is 5.53. The highest BCUT2D eigenvalue weighted by Crippen LogP contribution is 2.10. The molecule has 1 atom stereocenters. The van der Waals surface area contributed by atoms with Crippen LogP contribution in [0, 0.1) is 0 Å². The zero-order valence-electron chi connectivity index (χ0n) is 16.9. The summed E-state index contributed by atoms with van der Waals surface area (Å²) in [6.45, 7) is 4.68. The molecule has 3 nitrogen and oxygen atoms in total. The van der Waals surface area contributed by atoms with Gasteiger partial charge < -0.3 is 10.5 Å². The lowest BCUT2D eigenvalue weighted by Crippen LogP contribution is -2.25. The SMILES string of the molecule is CCCCCCCC/C=C\CCCCCCCC(=O)OC(CC)CN. The summed E-state index contributed by atoms with van der Waals surface area (Å²) in [6.07, 6.45) is 22.5. The minimum Gasteiger partial charge on any atom is -0.461 e. The summed E-state index contributed by atoms with van der Waals surface area (Å²) in [4.78, 5) is 11.6. The van der Waals surface area contributed by atoms with Crippen molar-refractivity contribution in [1.82, 2.24) is 0 Å². The van der Waals surface area contributed by atoms with Crippen LogP contribution in [-0.2, 0) is 9.53 Å². The normalized spacial score (nSPS) is 12.6. The summed E-state index contributed by atoms with van der Waals surface area (Å²) in [7, 11) is 0. The zero-order chi connectivity index (χ0) is 18.6. The molecular weight excluding hydrogens is 310 g/mol. The molecule has 0 aromatic carbocycles. The lowest BCUT2D eigenvalue weighted by molar-refractivity contribution is -0.148. The van der Waals surface area contributed by atoms with E-state index in [1.165, 1.54) is 70.6 Å². The maximum Gasteiger partial charge on any atom is 0.306 e. The molecule has 0 amide bonds. The van der Waals surface area contributed by atoms with Crippen LogP contribution in [0.5, 0.6) is 0 Å². The first-order chi connectivity index (χ1) is 12.2. The Kier molecular flexibility index (Phi) is 18.8. The predicted octanol–water partition coefficient (Wildman–Crippen LogP) is 6.30. The van der Waals surface area contributed by atoms with Crippen molar-refractivity contribution in [1.29, 1.82) is 0 Å². The molecule has 0 rings (SSSR count). The Bertz CT molecular complexity index is 311. The summed E-state index contributed by atoms with van der Waals surface area (Å²) >= 11 is 0. The average Bonchev–Trinajstić information content (AvgIpc) is 2.62. The summed E-state index contributed by atoms with van der Waals surface area (Å²) in [5.74, 6) is -0.0880. The van der Waals surface area contributed by atoms with Crippen LogP contribution in [0.15, 0.2) is 12.2 Å². The Hall–Kier alpha value is -0.830. The summed E-state index contributed by atoms with van der Waals surface area (Å²) < 4.78 is 5.29. The van der Waals surface area contributed by atoms with Gasteiger partial charge in [-0.25, -0.2) is 0 Å². The molecule has 0 saturated carbocycles. The van der Waals surface area contributed by atoms with Crippen LogP contribution >= 0.6 is 0 Å². The van der Waals surface area contributed by atoms with Crippen molar-refractivity contribution in [3.05, 3.63) is 12.2 Å². The molecular formula is C22H43NO2. The quantitative estimate of drug-likeness (QED) is 0.179. The molecule has 0 spiro atoms. The van der Waals surface area contributed by atoms with Gasteiger partial charge in [0.25, 0.3) is 0 Å². The van der Waals surface area contributed by atoms with E-state index in [1.54, 1.807) is 0 Å². The molecule has 1 unspecified atom stereocenters. The van der Waals surface area contributed by atoms with Gasteiger partial charge in [0.2, 0.25) is 0 Å². The standard InChI is InChI=1S/C22H43NO2/c1-3-5-6-7-8-9-10-11-12-13-14-15-16-17-18-19-22(24)25-21(4-2)20-23/h11-12,21H,3-10,13-20,23H2,1-2H3/b12-11-. The first-order valence-electron chi connectivity index (χ1n) is 10.8. The molecule has 2 N–H and O–H groups in total. The third-order valence-electron chi connectivity index (χ3n) is 4.66. The van der Waals surface area contributed by atoms with Gasteiger partial charge in [0.05, 0.1) is 0 Å². The van der Waals surface area contributed by atoms with Crippen LogP contribution in [0.4, 0.5) is 0 Å². The van der Waals surface area contributed by atoms with Crippen LogP contribution in [-0.4, -0.2) is 18.6 Å². The van der Waals surface area contributed by atoms with Gasteiger partial charge in [0, 0.05) is 13.0 Å². The van der Waals surface area contributed by atoms with Crippen molar-refractivity contribution in [2.75, 3.05) is 6.54 Å². The fourth-order valence-corrected chi connectivity index (χ4v) is 2.88. The first-order valence-corrected chi connectivity index (χ1v) is 10.8. The van der Waals surface area contributed by atoms with Gasteiger partial charge in [-0.3, -0.25) is 4.79 Å². The highest BCUT2D eigenvalue weighted by Gasteiger charge is 2.09. The average molecular weight is 354 g/mol. The molecule has 0 aliphatic rings. The molecule has 0 fully saturated rings. The third kappa shape index (κ3) is 17.8. The number of rotatable bonds is 18. The summed E-state index contributed by atoms with van der Waals surface area (Å²) in [5, 5.41) is 0. The molecule has 0 saturated heterocycles. The minimum absolute atomic E-state index is 0.0880. The van der Waals surface area contributed by atoms with E-state index in [0.29, 0.717) is 13.0 Å². The lowest BCUT2D eigenvalue weighted by Gasteiger charge is -2.13. The molecule has 148 valence electrons. The van der Waals surface area contributed by atoms with Crippen molar-refractivity contribution in [2.45, 2.75) is 116 Å². The molecule has 25 heavy (non-hydrogen) atoms. The van der Waals surface area contributed by atoms with E-state index in [1.807, 2.05) is 6.92 Å². The van der Waals surface area contributed by atoms with E-state index in [2.05, 4.69) is 19.1 Å². The van der Waals surface area contributed by atoms with Gasteiger partial charge in [-0.15, -0.1) is 0 Å². The Morgan fingerprint density at radius 1 is 0.840 bits per heavy atom. The fourth-order valence-electron chi connectivity index (χ4n) is 2.88. The Morgan fingerprint density at radius 3 is 1.88 bits per heavy atom. The van der Waals surface area contributed by atoms with Crippen LogP contribution in [0.25, 0.3) is 0 Å². The second-order valence-corrected chi connectivity index (χ2v) is 7.09. The van der Waals surface area contributed by atoms with E-state index >= 15 is 0 Å². The number of hydrogen-bond acceptors (Lipinski definition) is 3. The van der Waals surface area contributed by atoms with E-state index in [9.17, 15) is 4.79 Å². The molecule has 0 aliphatic heterocycles. The van der Waals surface area contributed by atoms with E-state index in [-0.39, 0.29) is 12.1 Å². The summed E-state index contributed by atoms with van der Waals surface area (Å²) in [6, 6.07) is 0. The predicted molar refractivity (Wildman–Crippen MR) is 109 cm³/mol. The Morgan fingerprint density at radius 2 is 1.36 bits per heavy atom. The number of nitrogens with two attached hydrogens (primary N) is 1. The van der Waals surface area contributed by atoms with Crippen molar-refractivity contribution < 1.29 is 9.53 Å². The van der Waals surface area contributed by atoms with Crippen molar-refractivity contribution in [3.63, 3.8) is 0 Å². The lowest BCUT2D eigenvalue weighted by atomic mass is 10.1. The topological polar surface area (TPSA) is 52.3 Å². The van der Waals surface area contributed by atoms with Gasteiger partial charge >= 0.3 is 5.97 Å². The second-order valence-electron chi connectivity index (χ2n) is 7.09. The highest BCUT2D eigenvalue weighted by molar-refractivity contribution is 5.69. The molecule has 0 radical (unpaired) electrons. The smallest absolute Gasteiger partial charge is 0.306 e. The molecule has 0 aromatic heterocycles. The number of allylic oxidation sites excluding steroid dienone is 2. The number of unbranched alkanes of at least 4 members (excludes halogenated alkanes) is 11. The van der Waals surface area contributed by atoms with Crippen LogP contribution < -0.4 is 5.73 Å². The molecule has 0 heterocycles. The number of hydrogen-bond donors (Lipinski definition) is 1.